The van der Waals surface area contributed by atoms with Crippen molar-refractivity contribution >= 4 is 21.6 Å². The first-order chi connectivity index (χ1) is 6.20. The lowest BCUT2D eigenvalue weighted by Crippen LogP contribution is -2.40. The number of sulfone groups is 1. The summed E-state index contributed by atoms with van der Waals surface area (Å²) in [6, 6.07) is 0. The van der Waals surface area contributed by atoms with E-state index in [0.29, 0.717) is 0 Å². The van der Waals surface area contributed by atoms with Crippen LogP contribution in [0.5, 0.6) is 0 Å². The molecule has 1 heterocycles. The first-order valence-electron chi connectivity index (χ1n) is 4.19. The van der Waals surface area contributed by atoms with E-state index in [-0.39, 0.29) is 12.2 Å². The quantitative estimate of drug-likeness (QED) is 0.654. The Morgan fingerprint density at radius 1 is 1.36 bits per heavy atom. The van der Waals surface area contributed by atoms with Crippen molar-refractivity contribution in [2.24, 2.45) is 5.92 Å². The maximum absolute atomic E-state index is 11.5. The van der Waals surface area contributed by atoms with Gasteiger partial charge in [-0.05, 0) is 20.3 Å². The van der Waals surface area contributed by atoms with E-state index in [1.54, 1.807) is 0 Å². The Morgan fingerprint density at radius 2 is 1.86 bits per heavy atom. The van der Waals surface area contributed by atoms with Gasteiger partial charge in [0.1, 0.15) is 0 Å². The Labute approximate surface area is 82.0 Å². The van der Waals surface area contributed by atoms with Crippen molar-refractivity contribution in [3.63, 3.8) is 0 Å². The van der Waals surface area contributed by atoms with E-state index in [1.165, 1.54) is 13.8 Å². The lowest BCUT2D eigenvalue weighted by Gasteiger charge is -2.22. The van der Waals surface area contributed by atoms with Crippen molar-refractivity contribution in [1.82, 2.24) is 0 Å². The van der Waals surface area contributed by atoms with Gasteiger partial charge in [0, 0.05) is 5.92 Å². The molecule has 0 aromatic heterocycles. The lowest BCUT2D eigenvalue weighted by atomic mass is 9.89. The highest BCUT2D eigenvalue weighted by atomic mass is 32.2. The Hall–Kier alpha value is -0.910. The Bertz CT molecular complexity index is 379. The van der Waals surface area contributed by atoms with E-state index in [0.717, 1.165) is 0 Å². The van der Waals surface area contributed by atoms with Crippen LogP contribution in [0.1, 0.15) is 20.3 Å². The standard InChI is InChI=1S/C8H12O5S/c1-8(2)5(6(9)7(10)11)3-4-14(8,12)13/h5H,3-4H2,1-2H3,(H,10,11). The van der Waals surface area contributed by atoms with E-state index in [2.05, 4.69) is 0 Å². The Balaban J connectivity index is 3.08. The molecule has 1 atom stereocenters. The fourth-order valence-electron chi connectivity index (χ4n) is 1.70. The zero-order chi connectivity index (χ0) is 11.1. The summed E-state index contributed by atoms with van der Waals surface area (Å²) in [5, 5.41) is 8.50. The van der Waals surface area contributed by atoms with Gasteiger partial charge >= 0.3 is 5.97 Å². The molecule has 80 valence electrons. The number of Topliss-reactive ketones (excluding diaryl/α,β-unsaturated/α-hetero) is 1. The van der Waals surface area contributed by atoms with Gasteiger partial charge in [0.2, 0.25) is 5.78 Å². The predicted octanol–water partition coefficient (Wildman–Crippen LogP) is -0.147. The Morgan fingerprint density at radius 3 is 2.14 bits per heavy atom. The molecule has 0 spiro atoms. The van der Waals surface area contributed by atoms with Crippen LogP contribution in [0, 0.1) is 5.92 Å². The van der Waals surface area contributed by atoms with Crippen LogP contribution >= 0.6 is 0 Å². The molecule has 0 saturated carbocycles. The molecule has 0 radical (unpaired) electrons. The maximum Gasteiger partial charge on any atom is 0.372 e. The summed E-state index contributed by atoms with van der Waals surface area (Å²) in [6.07, 6.45) is 0.112. The molecular formula is C8H12O5S. The molecular weight excluding hydrogens is 208 g/mol. The van der Waals surface area contributed by atoms with Gasteiger partial charge in [0.15, 0.2) is 9.84 Å². The zero-order valence-corrected chi connectivity index (χ0v) is 8.80. The van der Waals surface area contributed by atoms with Crippen molar-refractivity contribution in [2.75, 3.05) is 5.75 Å². The summed E-state index contributed by atoms with van der Waals surface area (Å²) < 4.78 is 21.7. The van der Waals surface area contributed by atoms with Gasteiger partial charge in [-0.1, -0.05) is 0 Å². The monoisotopic (exact) mass is 220 g/mol. The molecule has 5 nitrogen and oxygen atoms in total. The average Bonchev–Trinajstić information content (AvgIpc) is 2.21. The summed E-state index contributed by atoms with van der Waals surface area (Å²) in [5.41, 5.74) is 0. The third kappa shape index (κ3) is 1.43. The number of ketones is 1. The Kier molecular flexibility index (Phi) is 2.43. The lowest BCUT2D eigenvalue weighted by molar-refractivity contribution is -0.151. The van der Waals surface area contributed by atoms with Gasteiger partial charge in [-0.15, -0.1) is 0 Å². The van der Waals surface area contributed by atoms with Gasteiger partial charge in [-0.3, -0.25) is 4.79 Å². The smallest absolute Gasteiger partial charge is 0.372 e. The molecule has 0 aromatic carbocycles. The number of hydrogen-bond acceptors (Lipinski definition) is 4. The summed E-state index contributed by atoms with van der Waals surface area (Å²) in [7, 11) is -3.34. The van der Waals surface area contributed by atoms with Crippen molar-refractivity contribution in [2.45, 2.75) is 25.0 Å². The molecule has 1 N–H and O–H groups in total. The second kappa shape index (κ2) is 3.05. The van der Waals surface area contributed by atoms with E-state index in [1.807, 2.05) is 0 Å². The fourth-order valence-corrected chi connectivity index (χ4v) is 3.43. The van der Waals surface area contributed by atoms with Gasteiger partial charge < -0.3 is 5.11 Å². The molecule has 1 aliphatic heterocycles. The van der Waals surface area contributed by atoms with Crippen LogP contribution in [0.3, 0.4) is 0 Å². The highest BCUT2D eigenvalue weighted by Gasteiger charge is 2.52. The maximum atomic E-state index is 11.5. The first-order valence-corrected chi connectivity index (χ1v) is 5.85. The van der Waals surface area contributed by atoms with Gasteiger partial charge in [-0.25, -0.2) is 13.2 Å². The van der Waals surface area contributed by atoms with Crippen LogP contribution in [-0.2, 0) is 19.4 Å². The highest BCUT2D eigenvalue weighted by Crippen LogP contribution is 2.37. The summed E-state index contributed by atoms with van der Waals surface area (Å²) >= 11 is 0. The molecule has 1 aliphatic rings. The SMILES string of the molecule is CC1(C)C(C(=O)C(=O)O)CCS1(=O)=O. The molecule has 0 bridgehead atoms. The van der Waals surface area contributed by atoms with Gasteiger partial charge in [-0.2, -0.15) is 0 Å². The average molecular weight is 220 g/mol. The van der Waals surface area contributed by atoms with Crippen LogP contribution in [0.25, 0.3) is 0 Å². The van der Waals surface area contributed by atoms with Crippen LogP contribution < -0.4 is 0 Å². The molecule has 14 heavy (non-hydrogen) atoms. The minimum atomic E-state index is -3.34. The van der Waals surface area contributed by atoms with E-state index in [9.17, 15) is 18.0 Å². The number of carboxylic acid groups (broad SMARTS) is 1. The minimum absolute atomic E-state index is 0.107. The number of carboxylic acids is 1. The second-order valence-corrected chi connectivity index (χ2v) is 6.62. The minimum Gasteiger partial charge on any atom is -0.475 e. The molecule has 0 aromatic rings. The molecule has 0 aliphatic carbocycles. The molecule has 1 unspecified atom stereocenters. The van der Waals surface area contributed by atoms with Gasteiger partial charge in [0.25, 0.3) is 0 Å². The normalized spacial score (nSPS) is 28.6. The van der Waals surface area contributed by atoms with Crippen LogP contribution in [-0.4, -0.2) is 35.8 Å². The molecule has 0 amide bonds. The topological polar surface area (TPSA) is 88.5 Å². The molecule has 1 rings (SSSR count). The van der Waals surface area contributed by atoms with Crippen LogP contribution in [0.15, 0.2) is 0 Å². The number of carbonyl (C=O) groups is 2. The number of hydrogen-bond donors (Lipinski definition) is 1. The molecule has 1 saturated heterocycles. The largest absolute Gasteiger partial charge is 0.475 e. The molecule has 6 heteroatoms. The number of carbonyl (C=O) groups excluding carboxylic acids is 1. The first kappa shape index (κ1) is 11.2. The highest BCUT2D eigenvalue weighted by molar-refractivity contribution is 7.93. The third-order valence-electron chi connectivity index (χ3n) is 2.84. The summed E-state index contributed by atoms with van der Waals surface area (Å²) in [5.74, 6) is -3.58. The summed E-state index contributed by atoms with van der Waals surface area (Å²) in [4.78, 5) is 21.6. The number of aliphatic carboxylic acids is 1. The zero-order valence-electron chi connectivity index (χ0n) is 7.98. The molecule has 1 fully saturated rings. The van der Waals surface area contributed by atoms with Gasteiger partial charge in [0.05, 0.1) is 10.5 Å². The number of rotatable bonds is 2. The fraction of sp³-hybridized carbons (Fsp3) is 0.750. The third-order valence-corrected chi connectivity index (χ3v) is 5.50. The van der Waals surface area contributed by atoms with Crippen molar-refractivity contribution in [1.29, 1.82) is 0 Å². The van der Waals surface area contributed by atoms with Crippen molar-refractivity contribution in [3.05, 3.63) is 0 Å². The van der Waals surface area contributed by atoms with Crippen molar-refractivity contribution < 1.29 is 23.1 Å². The van der Waals surface area contributed by atoms with E-state index >= 15 is 0 Å². The van der Waals surface area contributed by atoms with Crippen LogP contribution in [0.4, 0.5) is 0 Å². The van der Waals surface area contributed by atoms with E-state index < -0.39 is 32.3 Å². The second-order valence-electron chi connectivity index (χ2n) is 3.93. The van der Waals surface area contributed by atoms with Crippen molar-refractivity contribution in [3.8, 4) is 0 Å². The van der Waals surface area contributed by atoms with E-state index in [4.69, 9.17) is 5.11 Å². The summed E-state index contributed by atoms with van der Waals surface area (Å²) in [6.45, 7) is 2.81. The van der Waals surface area contributed by atoms with Crippen LogP contribution in [0.2, 0.25) is 0 Å². The predicted molar refractivity (Wildman–Crippen MR) is 48.6 cm³/mol.